The zero-order valence-corrected chi connectivity index (χ0v) is 12.9. The summed E-state index contributed by atoms with van der Waals surface area (Å²) in [7, 11) is 3.39. The maximum Gasteiger partial charge on any atom is 0.160 e. The standard InChI is InChI=1S/C16H31NO2/c1-4-5-10-15(17-13-7-6-8-14-17)11-9-12-16(18-2)19-3/h9,11,15-16H,4-8,10,12-14H2,1-3H3/b11-9+. The summed E-state index contributed by atoms with van der Waals surface area (Å²) in [5.74, 6) is 0. The first-order valence-electron chi connectivity index (χ1n) is 7.78. The van der Waals surface area contributed by atoms with Crippen LogP contribution in [0.3, 0.4) is 0 Å². The molecule has 1 rings (SSSR count). The third kappa shape index (κ3) is 6.55. The zero-order valence-electron chi connectivity index (χ0n) is 12.9. The second-order valence-electron chi connectivity index (χ2n) is 5.37. The lowest BCUT2D eigenvalue weighted by Gasteiger charge is -2.33. The van der Waals surface area contributed by atoms with E-state index in [0.717, 1.165) is 6.42 Å². The zero-order chi connectivity index (χ0) is 13.9. The van der Waals surface area contributed by atoms with Gasteiger partial charge in [0.1, 0.15) is 0 Å². The highest BCUT2D eigenvalue weighted by molar-refractivity contribution is 4.95. The molecule has 0 spiro atoms. The molecule has 0 aliphatic carbocycles. The third-order valence-corrected chi connectivity index (χ3v) is 3.93. The summed E-state index contributed by atoms with van der Waals surface area (Å²) in [5, 5.41) is 0. The van der Waals surface area contributed by atoms with Crippen LogP contribution in [0.5, 0.6) is 0 Å². The monoisotopic (exact) mass is 269 g/mol. The molecule has 1 aliphatic rings. The van der Waals surface area contributed by atoms with Crippen molar-refractivity contribution in [2.75, 3.05) is 27.3 Å². The number of hydrogen-bond acceptors (Lipinski definition) is 3. The Morgan fingerprint density at radius 2 is 1.79 bits per heavy atom. The van der Waals surface area contributed by atoms with Crippen LogP contribution in [0.4, 0.5) is 0 Å². The Kier molecular flexibility index (Phi) is 9.14. The molecule has 1 heterocycles. The maximum atomic E-state index is 5.22. The van der Waals surface area contributed by atoms with Gasteiger partial charge < -0.3 is 9.47 Å². The van der Waals surface area contributed by atoms with E-state index in [0.29, 0.717) is 6.04 Å². The van der Waals surface area contributed by atoms with E-state index >= 15 is 0 Å². The van der Waals surface area contributed by atoms with Gasteiger partial charge in [0.05, 0.1) is 0 Å². The number of nitrogens with zero attached hydrogens (tertiary/aromatic N) is 1. The second kappa shape index (κ2) is 10.4. The number of unbranched alkanes of at least 4 members (excludes halogenated alkanes) is 1. The average Bonchev–Trinajstić information content (AvgIpc) is 2.47. The van der Waals surface area contributed by atoms with E-state index in [1.165, 1.54) is 51.6 Å². The van der Waals surface area contributed by atoms with E-state index in [-0.39, 0.29) is 6.29 Å². The molecular weight excluding hydrogens is 238 g/mol. The van der Waals surface area contributed by atoms with E-state index < -0.39 is 0 Å². The average molecular weight is 269 g/mol. The number of methoxy groups -OCH3 is 2. The first kappa shape index (κ1) is 16.7. The van der Waals surface area contributed by atoms with Gasteiger partial charge in [0.25, 0.3) is 0 Å². The minimum absolute atomic E-state index is 0.107. The predicted molar refractivity (Wildman–Crippen MR) is 80.3 cm³/mol. The third-order valence-electron chi connectivity index (χ3n) is 3.93. The highest BCUT2D eigenvalue weighted by atomic mass is 16.7. The SMILES string of the molecule is CCCCC(/C=C/CC(OC)OC)N1CCCCC1. The van der Waals surface area contributed by atoms with Gasteiger partial charge in [0.2, 0.25) is 0 Å². The fourth-order valence-corrected chi connectivity index (χ4v) is 2.70. The lowest BCUT2D eigenvalue weighted by Crippen LogP contribution is -2.38. The lowest BCUT2D eigenvalue weighted by molar-refractivity contribution is -0.0986. The molecule has 0 N–H and O–H groups in total. The van der Waals surface area contributed by atoms with Crippen molar-refractivity contribution in [3.63, 3.8) is 0 Å². The molecule has 0 aromatic carbocycles. The van der Waals surface area contributed by atoms with E-state index in [2.05, 4.69) is 24.0 Å². The molecule has 0 aromatic heterocycles. The van der Waals surface area contributed by atoms with E-state index in [1.807, 2.05) is 0 Å². The topological polar surface area (TPSA) is 21.7 Å². The molecule has 1 aliphatic heterocycles. The minimum Gasteiger partial charge on any atom is -0.356 e. The minimum atomic E-state index is -0.107. The van der Waals surface area contributed by atoms with E-state index in [9.17, 15) is 0 Å². The fourth-order valence-electron chi connectivity index (χ4n) is 2.70. The second-order valence-corrected chi connectivity index (χ2v) is 5.37. The molecule has 0 radical (unpaired) electrons. The molecule has 1 unspecified atom stereocenters. The van der Waals surface area contributed by atoms with Gasteiger partial charge in [-0.25, -0.2) is 0 Å². The van der Waals surface area contributed by atoms with Crippen LogP contribution in [-0.2, 0) is 9.47 Å². The van der Waals surface area contributed by atoms with Gasteiger partial charge in [-0.05, 0) is 32.4 Å². The van der Waals surface area contributed by atoms with Crippen LogP contribution in [0.1, 0.15) is 51.9 Å². The highest BCUT2D eigenvalue weighted by Gasteiger charge is 2.17. The van der Waals surface area contributed by atoms with Gasteiger partial charge in [0, 0.05) is 26.7 Å². The Balaban J connectivity index is 2.45. The van der Waals surface area contributed by atoms with E-state index in [4.69, 9.17) is 9.47 Å². The summed E-state index contributed by atoms with van der Waals surface area (Å²) < 4.78 is 10.4. The quantitative estimate of drug-likeness (QED) is 0.471. The summed E-state index contributed by atoms with van der Waals surface area (Å²) in [6, 6.07) is 0.606. The van der Waals surface area contributed by atoms with Gasteiger partial charge in [-0.2, -0.15) is 0 Å². The molecule has 1 atom stereocenters. The Hall–Kier alpha value is -0.380. The van der Waals surface area contributed by atoms with Crippen molar-refractivity contribution in [2.24, 2.45) is 0 Å². The fraction of sp³-hybridized carbons (Fsp3) is 0.875. The predicted octanol–water partition coefficient (Wildman–Crippen LogP) is 3.60. The number of ether oxygens (including phenoxy) is 2. The Morgan fingerprint density at radius 3 is 2.37 bits per heavy atom. The molecular formula is C16H31NO2. The molecule has 112 valence electrons. The summed E-state index contributed by atoms with van der Waals surface area (Å²) in [4.78, 5) is 2.64. The van der Waals surface area contributed by atoms with Gasteiger partial charge in [-0.15, -0.1) is 0 Å². The van der Waals surface area contributed by atoms with Crippen molar-refractivity contribution in [2.45, 2.75) is 64.2 Å². The van der Waals surface area contributed by atoms with Gasteiger partial charge in [-0.3, -0.25) is 4.90 Å². The van der Waals surface area contributed by atoms with Crippen LogP contribution in [-0.4, -0.2) is 44.5 Å². The molecule has 3 nitrogen and oxygen atoms in total. The summed E-state index contributed by atoms with van der Waals surface area (Å²) in [5.41, 5.74) is 0. The number of rotatable bonds is 9. The summed E-state index contributed by atoms with van der Waals surface area (Å²) >= 11 is 0. The van der Waals surface area contributed by atoms with Crippen LogP contribution >= 0.6 is 0 Å². The van der Waals surface area contributed by atoms with Crippen LogP contribution in [0.15, 0.2) is 12.2 Å². The molecule has 19 heavy (non-hydrogen) atoms. The molecule has 0 bridgehead atoms. The maximum absolute atomic E-state index is 5.22. The van der Waals surface area contributed by atoms with Gasteiger partial charge >= 0.3 is 0 Å². The molecule has 1 fully saturated rings. The van der Waals surface area contributed by atoms with Crippen molar-refractivity contribution >= 4 is 0 Å². The number of hydrogen-bond donors (Lipinski definition) is 0. The van der Waals surface area contributed by atoms with E-state index in [1.54, 1.807) is 14.2 Å². The molecule has 1 saturated heterocycles. The Morgan fingerprint density at radius 1 is 1.11 bits per heavy atom. The van der Waals surface area contributed by atoms with Crippen LogP contribution in [0.25, 0.3) is 0 Å². The summed E-state index contributed by atoms with van der Waals surface area (Å²) in [6.45, 7) is 4.79. The molecule has 0 saturated carbocycles. The first-order chi connectivity index (χ1) is 9.31. The normalized spacial score (nSPS) is 19.4. The molecule has 0 amide bonds. The highest BCUT2D eigenvalue weighted by Crippen LogP contribution is 2.17. The van der Waals surface area contributed by atoms with Crippen molar-refractivity contribution in [3.05, 3.63) is 12.2 Å². The molecule has 3 heteroatoms. The molecule has 0 aromatic rings. The smallest absolute Gasteiger partial charge is 0.160 e. The number of piperidine rings is 1. The lowest BCUT2D eigenvalue weighted by atomic mass is 10.0. The Labute approximate surface area is 119 Å². The van der Waals surface area contributed by atoms with Crippen LogP contribution in [0.2, 0.25) is 0 Å². The van der Waals surface area contributed by atoms with Crippen LogP contribution in [0, 0.1) is 0 Å². The van der Waals surface area contributed by atoms with Crippen molar-refractivity contribution < 1.29 is 9.47 Å². The largest absolute Gasteiger partial charge is 0.356 e. The van der Waals surface area contributed by atoms with Crippen LogP contribution < -0.4 is 0 Å². The van der Waals surface area contributed by atoms with Crippen molar-refractivity contribution in [1.29, 1.82) is 0 Å². The summed E-state index contributed by atoms with van der Waals surface area (Å²) in [6.07, 6.45) is 13.3. The van der Waals surface area contributed by atoms with Crippen molar-refractivity contribution in [1.82, 2.24) is 4.90 Å². The first-order valence-corrected chi connectivity index (χ1v) is 7.78. The van der Waals surface area contributed by atoms with Crippen molar-refractivity contribution in [3.8, 4) is 0 Å². The Bertz CT molecular complexity index is 233. The van der Waals surface area contributed by atoms with Gasteiger partial charge in [0.15, 0.2) is 6.29 Å². The van der Waals surface area contributed by atoms with Gasteiger partial charge in [-0.1, -0.05) is 38.3 Å². The number of likely N-dealkylation sites (tertiary alicyclic amines) is 1.